The molecule has 10 heavy (non-hydrogen) atoms. The van der Waals surface area contributed by atoms with Crippen molar-refractivity contribution in [2.45, 2.75) is 18.1 Å². The summed E-state index contributed by atoms with van der Waals surface area (Å²) in [5.74, 6) is -6.25. The van der Waals surface area contributed by atoms with Crippen molar-refractivity contribution in [3.05, 3.63) is 0 Å². The summed E-state index contributed by atoms with van der Waals surface area (Å²) in [6.45, 7) is -0.456. The normalized spacial score (nSPS) is 30.0. The van der Waals surface area contributed by atoms with Crippen molar-refractivity contribution < 1.29 is 19.0 Å². The topological polar surface area (TPSA) is 52.5 Å². The molecule has 0 spiro atoms. The van der Waals surface area contributed by atoms with Crippen LogP contribution in [0.3, 0.4) is 0 Å². The van der Waals surface area contributed by atoms with E-state index in [1.807, 2.05) is 0 Å². The second kappa shape index (κ2) is 2.11. The molecule has 0 bridgehead atoms. The molecule has 0 amide bonds. The lowest BCUT2D eigenvalue weighted by Gasteiger charge is -2.35. The molecular formula is C5H9F2NO2. The van der Waals surface area contributed by atoms with Gasteiger partial charge in [-0.15, -0.1) is 0 Å². The second-order valence-corrected chi connectivity index (χ2v) is 2.45. The Labute approximate surface area is 56.7 Å². The summed E-state index contributed by atoms with van der Waals surface area (Å²) in [7, 11) is 0. The van der Waals surface area contributed by atoms with Gasteiger partial charge < -0.3 is 15.5 Å². The van der Waals surface area contributed by atoms with Gasteiger partial charge in [-0.25, -0.2) is 0 Å². The Morgan fingerprint density at radius 2 is 1.90 bits per heavy atom. The minimum absolute atomic E-state index is 0.211. The molecule has 3 nitrogen and oxygen atoms in total. The van der Waals surface area contributed by atoms with Gasteiger partial charge in [0.15, 0.2) is 0 Å². The van der Waals surface area contributed by atoms with Gasteiger partial charge in [-0.05, 0) is 0 Å². The van der Waals surface area contributed by atoms with Crippen LogP contribution in [-0.2, 0) is 0 Å². The van der Waals surface area contributed by atoms with Crippen LogP contribution in [0.15, 0.2) is 0 Å². The molecule has 5 heteroatoms. The van der Waals surface area contributed by atoms with Crippen LogP contribution in [0.1, 0.15) is 6.42 Å². The zero-order valence-corrected chi connectivity index (χ0v) is 5.27. The first-order valence-electron chi connectivity index (χ1n) is 2.99. The van der Waals surface area contributed by atoms with Gasteiger partial charge in [-0.2, -0.15) is 8.78 Å². The number of piperidine rings is 1. The second-order valence-electron chi connectivity index (χ2n) is 2.45. The third-order valence-electron chi connectivity index (χ3n) is 1.58. The largest absolute Gasteiger partial charge is 0.361 e. The smallest absolute Gasteiger partial charge is 0.312 e. The third-order valence-corrected chi connectivity index (χ3v) is 1.58. The number of halogens is 2. The van der Waals surface area contributed by atoms with E-state index in [0.717, 1.165) is 0 Å². The first-order chi connectivity index (χ1) is 4.46. The lowest BCUT2D eigenvalue weighted by Crippen LogP contribution is -2.59. The van der Waals surface area contributed by atoms with Gasteiger partial charge in [0, 0.05) is 13.0 Å². The van der Waals surface area contributed by atoms with Gasteiger partial charge in [0.05, 0.1) is 6.54 Å². The van der Waals surface area contributed by atoms with Crippen molar-refractivity contribution in [1.29, 1.82) is 0 Å². The molecule has 1 saturated heterocycles. The van der Waals surface area contributed by atoms with Gasteiger partial charge in [-0.1, -0.05) is 0 Å². The van der Waals surface area contributed by atoms with Gasteiger partial charge >= 0.3 is 5.92 Å². The van der Waals surface area contributed by atoms with E-state index in [4.69, 9.17) is 10.2 Å². The first-order valence-corrected chi connectivity index (χ1v) is 2.99. The number of rotatable bonds is 0. The number of hydrogen-bond acceptors (Lipinski definition) is 3. The standard InChI is InChI=1S/C5H9F2NO2/c6-4(7)3-8-2-1-5(4,9)10/h8-10H,1-3H2. The van der Waals surface area contributed by atoms with Crippen LogP contribution in [0.5, 0.6) is 0 Å². The Hall–Kier alpha value is -0.260. The predicted octanol–water partition coefficient (Wildman–Crippen LogP) is -0.704. The molecule has 1 fully saturated rings. The van der Waals surface area contributed by atoms with Crippen molar-refractivity contribution >= 4 is 0 Å². The summed E-state index contributed by atoms with van der Waals surface area (Å²) in [6.07, 6.45) is -0.333. The zero-order chi connectivity index (χ0) is 7.83. The summed E-state index contributed by atoms with van der Waals surface area (Å²) in [5, 5.41) is 19.7. The number of nitrogens with one attached hydrogen (secondary N) is 1. The van der Waals surface area contributed by atoms with E-state index >= 15 is 0 Å². The number of aliphatic hydroxyl groups is 2. The van der Waals surface area contributed by atoms with Crippen LogP contribution in [0.2, 0.25) is 0 Å². The highest BCUT2D eigenvalue weighted by Crippen LogP contribution is 2.30. The monoisotopic (exact) mass is 153 g/mol. The van der Waals surface area contributed by atoms with E-state index in [1.165, 1.54) is 0 Å². The maximum atomic E-state index is 12.4. The average Bonchev–Trinajstić information content (AvgIpc) is 1.77. The summed E-state index contributed by atoms with van der Waals surface area (Å²) in [5.41, 5.74) is 0. The number of alkyl halides is 2. The molecule has 0 atom stereocenters. The SMILES string of the molecule is OC1(O)CCNCC1(F)F. The lowest BCUT2D eigenvalue weighted by atomic mass is 10.0. The van der Waals surface area contributed by atoms with Crippen LogP contribution in [0.25, 0.3) is 0 Å². The van der Waals surface area contributed by atoms with Gasteiger partial charge in [0.1, 0.15) is 0 Å². The fourth-order valence-electron chi connectivity index (χ4n) is 0.833. The minimum atomic E-state index is -3.43. The highest BCUT2D eigenvalue weighted by molar-refractivity contribution is 4.89. The van der Waals surface area contributed by atoms with Crippen LogP contribution in [0.4, 0.5) is 8.78 Å². The molecule has 1 aliphatic heterocycles. The highest BCUT2D eigenvalue weighted by atomic mass is 19.3. The first kappa shape index (κ1) is 7.84. The molecule has 0 unspecified atom stereocenters. The van der Waals surface area contributed by atoms with Crippen LogP contribution in [0, 0.1) is 0 Å². The van der Waals surface area contributed by atoms with Crippen LogP contribution >= 0.6 is 0 Å². The van der Waals surface area contributed by atoms with Crippen molar-refractivity contribution in [2.75, 3.05) is 13.1 Å². The van der Waals surface area contributed by atoms with Crippen molar-refractivity contribution in [3.63, 3.8) is 0 Å². The molecule has 0 aromatic carbocycles. The zero-order valence-electron chi connectivity index (χ0n) is 5.27. The van der Waals surface area contributed by atoms with Gasteiger partial charge in [0.25, 0.3) is 0 Å². The maximum absolute atomic E-state index is 12.4. The summed E-state index contributed by atoms with van der Waals surface area (Å²) in [4.78, 5) is 0. The van der Waals surface area contributed by atoms with Crippen molar-refractivity contribution in [1.82, 2.24) is 5.32 Å². The van der Waals surface area contributed by atoms with E-state index < -0.39 is 18.3 Å². The molecule has 0 aromatic rings. The van der Waals surface area contributed by atoms with E-state index in [0.29, 0.717) is 0 Å². The van der Waals surface area contributed by atoms with E-state index in [2.05, 4.69) is 5.32 Å². The maximum Gasteiger partial charge on any atom is 0.312 e. The molecular weight excluding hydrogens is 144 g/mol. The Morgan fingerprint density at radius 3 is 2.20 bits per heavy atom. The highest BCUT2D eigenvalue weighted by Gasteiger charge is 2.52. The Bertz CT molecular complexity index is 122. The molecule has 1 aliphatic rings. The third kappa shape index (κ3) is 1.12. The van der Waals surface area contributed by atoms with E-state index in [1.54, 1.807) is 0 Å². The van der Waals surface area contributed by atoms with E-state index in [9.17, 15) is 8.78 Å². The van der Waals surface area contributed by atoms with Crippen LogP contribution < -0.4 is 5.32 Å². The molecule has 0 radical (unpaired) electrons. The minimum Gasteiger partial charge on any atom is -0.361 e. The lowest BCUT2D eigenvalue weighted by molar-refractivity contribution is -0.304. The molecule has 0 aliphatic carbocycles. The Balaban J connectivity index is 2.70. The van der Waals surface area contributed by atoms with E-state index in [-0.39, 0.29) is 13.0 Å². The Kier molecular flexibility index (Phi) is 1.66. The van der Waals surface area contributed by atoms with Crippen LogP contribution in [-0.4, -0.2) is 35.0 Å². The molecule has 0 saturated carbocycles. The molecule has 3 N–H and O–H groups in total. The summed E-state index contributed by atoms with van der Waals surface area (Å²) < 4.78 is 24.8. The van der Waals surface area contributed by atoms with Gasteiger partial charge in [-0.3, -0.25) is 0 Å². The number of hydrogen-bond donors (Lipinski definition) is 3. The predicted molar refractivity (Wildman–Crippen MR) is 29.6 cm³/mol. The van der Waals surface area contributed by atoms with Crippen molar-refractivity contribution in [3.8, 4) is 0 Å². The summed E-state index contributed by atoms with van der Waals surface area (Å²) >= 11 is 0. The average molecular weight is 153 g/mol. The fraction of sp³-hybridized carbons (Fsp3) is 1.00. The molecule has 1 heterocycles. The fourth-order valence-corrected chi connectivity index (χ4v) is 0.833. The van der Waals surface area contributed by atoms with Crippen molar-refractivity contribution in [2.24, 2.45) is 0 Å². The quantitative estimate of drug-likeness (QED) is 0.403. The van der Waals surface area contributed by atoms with Gasteiger partial charge in [0.2, 0.25) is 5.79 Å². The Morgan fingerprint density at radius 1 is 1.30 bits per heavy atom. The molecule has 1 rings (SSSR count). The molecule has 60 valence electrons. The molecule has 0 aromatic heterocycles. The summed E-state index contributed by atoms with van der Waals surface area (Å²) in [6, 6.07) is 0.